The first-order chi connectivity index (χ1) is 9.70. The molecular weight excluding hydrogens is 276 g/mol. The molecule has 0 spiro atoms. The van der Waals surface area contributed by atoms with Crippen LogP contribution in [0.15, 0.2) is 41.8 Å². The first kappa shape index (κ1) is 14.3. The van der Waals surface area contributed by atoms with E-state index in [1.807, 2.05) is 6.92 Å². The summed E-state index contributed by atoms with van der Waals surface area (Å²) in [7, 11) is 0. The van der Waals surface area contributed by atoms with Gasteiger partial charge in [-0.3, -0.25) is 10.1 Å². The number of nitro benzene ring substituents is 1. The Hall–Kier alpha value is -2.15. The number of nitrogens with one attached hydrogen (secondary N) is 1. The highest BCUT2D eigenvalue weighted by Gasteiger charge is 2.11. The molecule has 0 saturated carbocycles. The van der Waals surface area contributed by atoms with Crippen molar-refractivity contribution in [2.45, 2.75) is 17.8 Å². The van der Waals surface area contributed by atoms with Crippen LogP contribution in [-0.4, -0.2) is 21.4 Å². The minimum Gasteiger partial charge on any atom is -0.385 e. The number of hydrogen-bond acceptors (Lipinski definition) is 6. The van der Waals surface area contributed by atoms with Crippen molar-refractivity contribution in [3.8, 4) is 0 Å². The Balaban J connectivity index is 2.19. The maximum atomic E-state index is 10.9. The van der Waals surface area contributed by atoms with Crippen molar-refractivity contribution in [1.29, 1.82) is 0 Å². The first-order valence-corrected chi connectivity index (χ1v) is 7.10. The van der Waals surface area contributed by atoms with Crippen LogP contribution < -0.4 is 5.32 Å². The summed E-state index contributed by atoms with van der Waals surface area (Å²) in [5, 5.41) is 14.7. The number of benzene rings is 1. The van der Waals surface area contributed by atoms with E-state index in [2.05, 4.69) is 15.3 Å². The monoisotopic (exact) mass is 290 g/mol. The van der Waals surface area contributed by atoms with Gasteiger partial charge in [-0.05, 0) is 24.6 Å². The summed E-state index contributed by atoms with van der Waals surface area (Å²) in [5.74, 6) is 0.577. The van der Waals surface area contributed by atoms with Crippen LogP contribution in [0, 0.1) is 10.1 Å². The molecule has 1 aromatic carbocycles. The van der Waals surface area contributed by atoms with Crippen LogP contribution in [0.25, 0.3) is 0 Å². The van der Waals surface area contributed by atoms with Crippen LogP contribution >= 0.6 is 11.8 Å². The van der Waals surface area contributed by atoms with E-state index in [9.17, 15) is 10.1 Å². The quantitative estimate of drug-likeness (QED) is 0.381. The van der Waals surface area contributed by atoms with Gasteiger partial charge in [0.05, 0.1) is 4.92 Å². The van der Waals surface area contributed by atoms with E-state index in [4.69, 9.17) is 0 Å². The normalized spacial score (nSPS) is 10.2. The number of rotatable bonds is 6. The molecule has 0 aliphatic carbocycles. The zero-order chi connectivity index (χ0) is 14.4. The van der Waals surface area contributed by atoms with E-state index < -0.39 is 0 Å². The Morgan fingerprint density at radius 1 is 1.35 bits per heavy atom. The lowest BCUT2D eigenvalue weighted by Crippen LogP contribution is -2.01. The average Bonchev–Trinajstić information content (AvgIpc) is 2.47. The summed E-state index contributed by atoms with van der Waals surface area (Å²) >= 11 is 1.45. The second-order valence-electron chi connectivity index (χ2n) is 3.95. The number of non-ortho nitro benzene ring substituents is 1. The van der Waals surface area contributed by atoms with Gasteiger partial charge in [-0.25, -0.2) is 9.97 Å². The fourth-order valence-electron chi connectivity index (χ4n) is 1.68. The standard InChI is InChI=1S/C13H14N4O2S/c1-2-14-12-5-4-11(17(18)19)8-10(12)9-20-13-15-6-3-7-16-13/h3-8,14H,2,9H2,1H3. The van der Waals surface area contributed by atoms with Gasteiger partial charge in [0.25, 0.3) is 5.69 Å². The lowest BCUT2D eigenvalue weighted by molar-refractivity contribution is -0.384. The summed E-state index contributed by atoms with van der Waals surface area (Å²) < 4.78 is 0. The van der Waals surface area contributed by atoms with Crippen molar-refractivity contribution in [1.82, 2.24) is 9.97 Å². The van der Waals surface area contributed by atoms with Crippen LogP contribution in [0.1, 0.15) is 12.5 Å². The highest BCUT2D eigenvalue weighted by atomic mass is 32.2. The van der Waals surface area contributed by atoms with E-state index in [0.717, 1.165) is 17.8 Å². The van der Waals surface area contributed by atoms with Gasteiger partial charge in [-0.1, -0.05) is 11.8 Å². The van der Waals surface area contributed by atoms with Crippen molar-refractivity contribution >= 4 is 23.1 Å². The first-order valence-electron chi connectivity index (χ1n) is 6.11. The number of nitrogens with zero attached hydrogens (tertiary/aromatic N) is 3. The molecule has 2 rings (SSSR count). The van der Waals surface area contributed by atoms with E-state index in [1.165, 1.54) is 17.8 Å². The van der Waals surface area contributed by atoms with Crippen LogP contribution in [0.4, 0.5) is 11.4 Å². The molecule has 20 heavy (non-hydrogen) atoms. The highest BCUT2D eigenvalue weighted by Crippen LogP contribution is 2.27. The Morgan fingerprint density at radius 3 is 2.75 bits per heavy atom. The largest absolute Gasteiger partial charge is 0.385 e. The van der Waals surface area contributed by atoms with E-state index in [1.54, 1.807) is 30.6 Å². The molecule has 0 bridgehead atoms. The Morgan fingerprint density at radius 2 is 2.10 bits per heavy atom. The predicted octanol–water partition coefficient (Wildman–Crippen LogP) is 3.11. The maximum absolute atomic E-state index is 10.9. The van der Waals surface area contributed by atoms with Crippen molar-refractivity contribution in [3.63, 3.8) is 0 Å². The van der Waals surface area contributed by atoms with Crippen LogP contribution in [-0.2, 0) is 5.75 Å². The third-order valence-electron chi connectivity index (χ3n) is 2.57. The summed E-state index contributed by atoms with van der Waals surface area (Å²) in [4.78, 5) is 18.7. The molecule has 0 aliphatic rings. The second-order valence-corrected chi connectivity index (χ2v) is 4.89. The van der Waals surface area contributed by atoms with E-state index in [0.29, 0.717) is 10.9 Å². The predicted molar refractivity (Wildman–Crippen MR) is 78.9 cm³/mol. The topological polar surface area (TPSA) is 81.0 Å². The van der Waals surface area contributed by atoms with Crippen LogP contribution in [0.2, 0.25) is 0 Å². The van der Waals surface area contributed by atoms with Crippen LogP contribution in [0.5, 0.6) is 0 Å². The van der Waals surface area contributed by atoms with Gasteiger partial charge in [0.1, 0.15) is 0 Å². The second kappa shape index (κ2) is 6.85. The SMILES string of the molecule is CCNc1ccc([N+](=O)[O-])cc1CSc1ncccn1. The van der Waals surface area contributed by atoms with Crippen molar-refractivity contribution in [2.24, 2.45) is 0 Å². The molecule has 0 atom stereocenters. The molecule has 1 N–H and O–H groups in total. The molecule has 0 unspecified atom stereocenters. The van der Waals surface area contributed by atoms with Gasteiger partial charge in [0.2, 0.25) is 0 Å². The molecule has 0 radical (unpaired) electrons. The average molecular weight is 290 g/mol. The van der Waals surface area contributed by atoms with Gasteiger partial charge in [-0.2, -0.15) is 0 Å². The summed E-state index contributed by atoms with van der Waals surface area (Å²) in [6.07, 6.45) is 3.35. The van der Waals surface area contributed by atoms with Crippen LogP contribution in [0.3, 0.4) is 0 Å². The smallest absolute Gasteiger partial charge is 0.269 e. The third kappa shape index (κ3) is 3.67. The number of nitro groups is 1. The number of aromatic nitrogens is 2. The van der Waals surface area contributed by atoms with Gasteiger partial charge >= 0.3 is 0 Å². The van der Waals surface area contributed by atoms with Gasteiger partial charge in [0, 0.05) is 42.5 Å². The minimum absolute atomic E-state index is 0.0937. The van der Waals surface area contributed by atoms with E-state index in [-0.39, 0.29) is 10.6 Å². The molecule has 7 heteroatoms. The summed E-state index contributed by atoms with van der Waals surface area (Å²) in [6.45, 7) is 2.75. The zero-order valence-corrected chi connectivity index (χ0v) is 11.8. The third-order valence-corrected chi connectivity index (χ3v) is 3.49. The molecule has 104 valence electrons. The lowest BCUT2D eigenvalue weighted by atomic mass is 10.2. The Labute approximate surface area is 120 Å². The van der Waals surface area contributed by atoms with Gasteiger partial charge in [-0.15, -0.1) is 0 Å². The summed E-state index contributed by atoms with van der Waals surface area (Å²) in [6, 6.07) is 6.59. The molecule has 1 heterocycles. The van der Waals surface area contributed by atoms with Crippen molar-refractivity contribution in [3.05, 3.63) is 52.3 Å². The number of thioether (sulfide) groups is 1. The molecule has 0 amide bonds. The Kier molecular flexibility index (Phi) is 4.89. The molecule has 6 nitrogen and oxygen atoms in total. The fraction of sp³-hybridized carbons (Fsp3) is 0.231. The molecule has 1 aromatic heterocycles. The lowest BCUT2D eigenvalue weighted by Gasteiger charge is -2.09. The Bertz CT molecular complexity index is 592. The fourth-order valence-corrected chi connectivity index (χ4v) is 2.47. The zero-order valence-electron chi connectivity index (χ0n) is 10.9. The van der Waals surface area contributed by atoms with Crippen molar-refractivity contribution in [2.75, 3.05) is 11.9 Å². The molecule has 2 aromatic rings. The van der Waals surface area contributed by atoms with E-state index >= 15 is 0 Å². The summed E-state index contributed by atoms with van der Waals surface area (Å²) in [5.41, 5.74) is 1.87. The maximum Gasteiger partial charge on any atom is 0.269 e. The number of anilines is 1. The molecule has 0 aliphatic heterocycles. The highest BCUT2D eigenvalue weighted by molar-refractivity contribution is 7.98. The van der Waals surface area contributed by atoms with Crippen molar-refractivity contribution < 1.29 is 4.92 Å². The number of hydrogen-bond donors (Lipinski definition) is 1. The molecular formula is C13H14N4O2S. The minimum atomic E-state index is -0.386. The molecule has 0 fully saturated rings. The molecule has 0 saturated heterocycles. The van der Waals surface area contributed by atoms with Gasteiger partial charge in [0.15, 0.2) is 5.16 Å². The van der Waals surface area contributed by atoms with Gasteiger partial charge < -0.3 is 5.32 Å².